The summed E-state index contributed by atoms with van der Waals surface area (Å²) >= 11 is 0. The van der Waals surface area contributed by atoms with E-state index in [2.05, 4.69) is 4.74 Å². The van der Waals surface area contributed by atoms with E-state index in [1.54, 1.807) is 0 Å². The Bertz CT molecular complexity index is 761. The molecule has 136 valence electrons. The molecule has 2 aromatic carbocycles. The van der Waals surface area contributed by atoms with Crippen molar-refractivity contribution in [1.29, 1.82) is 0 Å². The van der Waals surface area contributed by atoms with Crippen molar-refractivity contribution in [3.63, 3.8) is 0 Å². The van der Waals surface area contributed by atoms with Gasteiger partial charge in [-0.25, -0.2) is 0 Å². The van der Waals surface area contributed by atoms with Crippen LogP contribution in [0.5, 0.6) is 5.75 Å². The van der Waals surface area contributed by atoms with Gasteiger partial charge in [0.15, 0.2) is 6.61 Å². The fourth-order valence-electron chi connectivity index (χ4n) is 2.16. The summed E-state index contributed by atoms with van der Waals surface area (Å²) in [6, 6.07) is 14.6. The zero-order valence-electron chi connectivity index (χ0n) is 14.2. The normalized spacial score (nSPS) is 10.0. The van der Waals surface area contributed by atoms with Gasteiger partial charge in [0.05, 0.1) is 12.0 Å². The highest BCUT2D eigenvalue weighted by atomic mass is 16.6. The minimum absolute atomic E-state index is 0.0694. The van der Waals surface area contributed by atoms with Gasteiger partial charge in [0.25, 0.3) is 11.6 Å². The van der Waals surface area contributed by atoms with Crippen molar-refractivity contribution in [1.82, 2.24) is 4.90 Å². The number of hydrogen-bond donors (Lipinski definition) is 0. The maximum absolute atomic E-state index is 12.4. The van der Waals surface area contributed by atoms with Crippen molar-refractivity contribution in [3.05, 3.63) is 70.3 Å². The van der Waals surface area contributed by atoms with Crippen LogP contribution in [-0.4, -0.2) is 42.0 Å². The number of non-ortho nitro benzene ring substituents is 1. The smallest absolute Gasteiger partial charge is 0.325 e. The van der Waals surface area contributed by atoms with Gasteiger partial charge in [0.2, 0.25) is 0 Å². The second-order valence-electron chi connectivity index (χ2n) is 5.35. The second kappa shape index (κ2) is 9.16. The summed E-state index contributed by atoms with van der Waals surface area (Å²) in [4.78, 5) is 35.4. The molecule has 0 saturated carbocycles. The van der Waals surface area contributed by atoms with Crippen molar-refractivity contribution in [3.8, 4) is 5.75 Å². The molecule has 1 amide bonds. The summed E-state index contributed by atoms with van der Waals surface area (Å²) in [5.74, 6) is -0.621. The molecule has 8 heteroatoms. The Labute approximate surface area is 150 Å². The Hall–Kier alpha value is -3.42. The van der Waals surface area contributed by atoms with Crippen LogP contribution in [-0.2, 0) is 20.9 Å². The Kier molecular flexibility index (Phi) is 6.67. The number of benzene rings is 2. The van der Waals surface area contributed by atoms with Crippen molar-refractivity contribution in [2.24, 2.45) is 0 Å². The first kappa shape index (κ1) is 18.9. The van der Waals surface area contributed by atoms with E-state index in [1.165, 1.54) is 36.3 Å². The molecular weight excluding hydrogens is 340 g/mol. The first-order valence-electron chi connectivity index (χ1n) is 7.75. The van der Waals surface area contributed by atoms with Crippen LogP contribution in [0.2, 0.25) is 0 Å². The summed E-state index contributed by atoms with van der Waals surface area (Å²) in [7, 11) is 1.25. The molecule has 0 aliphatic heterocycles. The molecule has 0 spiro atoms. The molecule has 0 aliphatic carbocycles. The SMILES string of the molecule is COC(=O)CN(Cc1ccccc1)C(=O)COc1ccc([N+](=O)[O-])cc1. The molecule has 0 bridgehead atoms. The van der Waals surface area contributed by atoms with Crippen LogP contribution in [0.4, 0.5) is 5.69 Å². The Morgan fingerprint density at radius 3 is 2.31 bits per heavy atom. The standard InChI is InChI=1S/C18H18N2O6/c1-25-18(22)12-19(11-14-5-3-2-4-6-14)17(21)13-26-16-9-7-15(8-10-16)20(23)24/h2-10H,11-13H2,1H3. The lowest BCUT2D eigenvalue weighted by Gasteiger charge is -2.21. The number of nitro groups is 1. The Balaban J connectivity index is 2.00. The molecule has 0 fully saturated rings. The molecule has 0 aliphatic rings. The number of rotatable bonds is 8. The molecule has 0 atom stereocenters. The molecular formula is C18H18N2O6. The average molecular weight is 358 g/mol. The Morgan fingerprint density at radius 2 is 1.73 bits per heavy atom. The molecule has 2 aromatic rings. The number of nitro benzene ring substituents is 1. The maximum atomic E-state index is 12.4. The summed E-state index contributed by atoms with van der Waals surface area (Å²) in [6.45, 7) is -0.270. The van der Waals surface area contributed by atoms with Crippen LogP contribution in [0.15, 0.2) is 54.6 Å². The zero-order valence-corrected chi connectivity index (χ0v) is 14.2. The fraction of sp³-hybridized carbons (Fsp3) is 0.222. The van der Waals surface area contributed by atoms with Gasteiger partial charge < -0.3 is 14.4 Å². The molecule has 0 N–H and O–H groups in total. The first-order chi connectivity index (χ1) is 12.5. The number of carbonyl (C=O) groups is 2. The molecule has 0 heterocycles. The van der Waals surface area contributed by atoms with E-state index in [0.29, 0.717) is 5.75 Å². The highest BCUT2D eigenvalue weighted by Gasteiger charge is 2.19. The van der Waals surface area contributed by atoms with Crippen LogP contribution < -0.4 is 4.74 Å². The topological polar surface area (TPSA) is 99.0 Å². The fourth-order valence-corrected chi connectivity index (χ4v) is 2.16. The monoisotopic (exact) mass is 358 g/mol. The zero-order chi connectivity index (χ0) is 18.9. The maximum Gasteiger partial charge on any atom is 0.325 e. The van der Waals surface area contributed by atoms with Gasteiger partial charge in [0, 0.05) is 18.7 Å². The van der Waals surface area contributed by atoms with E-state index in [0.717, 1.165) is 5.56 Å². The predicted molar refractivity (Wildman–Crippen MR) is 92.5 cm³/mol. The third-order valence-corrected chi connectivity index (χ3v) is 3.53. The van der Waals surface area contributed by atoms with E-state index in [4.69, 9.17) is 4.74 Å². The number of esters is 1. The van der Waals surface area contributed by atoms with Gasteiger partial charge in [-0.2, -0.15) is 0 Å². The lowest BCUT2D eigenvalue weighted by atomic mass is 10.2. The third kappa shape index (κ3) is 5.59. The summed E-state index contributed by atoms with van der Waals surface area (Å²) in [5.41, 5.74) is 0.792. The van der Waals surface area contributed by atoms with Crippen LogP contribution in [0.3, 0.4) is 0 Å². The van der Waals surface area contributed by atoms with Crippen molar-refractivity contribution < 1.29 is 24.0 Å². The molecule has 26 heavy (non-hydrogen) atoms. The van der Waals surface area contributed by atoms with Gasteiger partial charge in [-0.1, -0.05) is 30.3 Å². The lowest BCUT2D eigenvalue weighted by Crippen LogP contribution is -2.38. The van der Waals surface area contributed by atoms with Gasteiger partial charge in [0.1, 0.15) is 12.3 Å². The summed E-state index contributed by atoms with van der Waals surface area (Å²) in [6.07, 6.45) is 0. The van der Waals surface area contributed by atoms with E-state index in [-0.39, 0.29) is 25.4 Å². The minimum Gasteiger partial charge on any atom is -0.484 e. The number of amides is 1. The van der Waals surface area contributed by atoms with Gasteiger partial charge >= 0.3 is 5.97 Å². The highest BCUT2D eigenvalue weighted by molar-refractivity contribution is 5.83. The van der Waals surface area contributed by atoms with Crippen LogP contribution in [0.1, 0.15) is 5.56 Å². The second-order valence-corrected chi connectivity index (χ2v) is 5.35. The summed E-state index contributed by atoms with van der Waals surface area (Å²) < 4.78 is 10.00. The van der Waals surface area contributed by atoms with E-state index < -0.39 is 16.8 Å². The molecule has 0 unspecified atom stereocenters. The van der Waals surface area contributed by atoms with Crippen LogP contribution >= 0.6 is 0 Å². The first-order valence-corrected chi connectivity index (χ1v) is 7.75. The largest absolute Gasteiger partial charge is 0.484 e. The number of hydrogen-bond acceptors (Lipinski definition) is 6. The van der Waals surface area contributed by atoms with Crippen molar-refractivity contribution >= 4 is 17.6 Å². The average Bonchev–Trinajstić information content (AvgIpc) is 2.66. The summed E-state index contributed by atoms with van der Waals surface area (Å²) in [5, 5.41) is 10.6. The molecule has 8 nitrogen and oxygen atoms in total. The van der Waals surface area contributed by atoms with E-state index in [9.17, 15) is 19.7 Å². The predicted octanol–water partition coefficient (Wildman–Crippen LogP) is 2.18. The molecule has 0 aromatic heterocycles. The molecule has 0 saturated heterocycles. The third-order valence-electron chi connectivity index (χ3n) is 3.53. The van der Waals surface area contributed by atoms with Crippen LogP contribution in [0.25, 0.3) is 0 Å². The molecule has 0 radical (unpaired) electrons. The quantitative estimate of drug-likeness (QED) is 0.407. The lowest BCUT2D eigenvalue weighted by molar-refractivity contribution is -0.384. The minimum atomic E-state index is -0.537. The molecule has 2 rings (SSSR count). The van der Waals surface area contributed by atoms with Crippen molar-refractivity contribution in [2.45, 2.75) is 6.54 Å². The van der Waals surface area contributed by atoms with Gasteiger partial charge in [-0.15, -0.1) is 0 Å². The number of nitrogens with zero attached hydrogens (tertiary/aromatic N) is 2. The van der Waals surface area contributed by atoms with E-state index in [1.807, 2.05) is 30.3 Å². The van der Waals surface area contributed by atoms with E-state index >= 15 is 0 Å². The van der Waals surface area contributed by atoms with Gasteiger partial charge in [-0.3, -0.25) is 19.7 Å². The number of carbonyl (C=O) groups excluding carboxylic acids is 2. The van der Waals surface area contributed by atoms with Gasteiger partial charge in [-0.05, 0) is 17.7 Å². The van der Waals surface area contributed by atoms with Crippen LogP contribution in [0, 0.1) is 10.1 Å². The highest BCUT2D eigenvalue weighted by Crippen LogP contribution is 2.17. The number of ether oxygens (including phenoxy) is 2. The number of methoxy groups -OCH3 is 1. The van der Waals surface area contributed by atoms with Crippen molar-refractivity contribution in [2.75, 3.05) is 20.3 Å². The Morgan fingerprint density at radius 1 is 1.08 bits per heavy atom.